The van der Waals surface area contributed by atoms with Crippen molar-refractivity contribution in [3.05, 3.63) is 68.9 Å². The van der Waals surface area contributed by atoms with E-state index in [4.69, 9.17) is 54.6 Å². The number of fused-ring (bicyclic) bond motifs is 1. The van der Waals surface area contributed by atoms with Crippen LogP contribution in [0.4, 0.5) is 5.82 Å². The molecule has 0 saturated heterocycles. The lowest BCUT2D eigenvalue weighted by Gasteiger charge is -2.20. The lowest BCUT2D eigenvalue weighted by atomic mass is 10.0. The smallest absolute Gasteiger partial charge is 0.170 e. The van der Waals surface area contributed by atoms with Crippen molar-refractivity contribution in [2.45, 2.75) is 30.8 Å². The molecular weight excluding hydrogens is 513 g/mol. The minimum absolute atomic E-state index is 0.0978. The summed E-state index contributed by atoms with van der Waals surface area (Å²) in [7, 11) is 1.71. The summed E-state index contributed by atoms with van der Waals surface area (Å²) in [5.74, 6) is 1.33. The number of hydrogen-bond acceptors (Lipinski definition) is 6. The number of nitrogens with one attached hydrogen (secondary N) is 1. The van der Waals surface area contributed by atoms with Gasteiger partial charge < -0.3 is 10.1 Å². The molecule has 0 fully saturated rings. The first-order chi connectivity index (χ1) is 16.4. The van der Waals surface area contributed by atoms with Crippen LogP contribution in [-0.2, 0) is 11.2 Å². The van der Waals surface area contributed by atoms with E-state index in [2.05, 4.69) is 17.4 Å². The molecule has 2 aromatic carbocycles. The highest BCUT2D eigenvalue weighted by Crippen LogP contribution is 2.37. The number of thioether (sulfide) groups is 1. The van der Waals surface area contributed by atoms with Gasteiger partial charge in [-0.2, -0.15) is 5.10 Å². The van der Waals surface area contributed by atoms with Crippen molar-refractivity contribution in [3.63, 3.8) is 0 Å². The second-order valence-electron chi connectivity index (χ2n) is 7.77. The summed E-state index contributed by atoms with van der Waals surface area (Å²) in [6, 6.07) is 13.7. The van der Waals surface area contributed by atoms with Gasteiger partial charge in [-0.3, -0.25) is 0 Å². The summed E-state index contributed by atoms with van der Waals surface area (Å²) in [4.78, 5) is 9.45. The van der Waals surface area contributed by atoms with Gasteiger partial charge in [-0.1, -0.05) is 65.1 Å². The van der Waals surface area contributed by atoms with E-state index in [1.165, 1.54) is 17.3 Å². The van der Waals surface area contributed by atoms with Gasteiger partial charge >= 0.3 is 0 Å². The van der Waals surface area contributed by atoms with Crippen LogP contribution in [0, 0.1) is 6.92 Å². The number of halogens is 3. The number of anilines is 1. The van der Waals surface area contributed by atoms with Crippen molar-refractivity contribution < 1.29 is 4.74 Å². The van der Waals surface area contributed by atoms with E-state index in [1.54, 1.807) is 23.9 Å². The zero-order valence-electron chi connectivity index (χ0n) is 19.0. The monoisotopic (exact) mass is 535 g/mol. The largest absolute Gasteiger partial charge is 0.385 e. The molecule has 10 heteroatoms. The molecule has 0 spiro atoms. The molecule has 6 nitrogen and oxygen atoms in total. The molecule has 0 bridgehead atoms. The summed E-state index contributed by atoms with van der Waals surface area (Å²) >= 11 is 20.7. The summed E-state index contributed by atoms with van der Waals surface area (Å²) in [6.07, 6.45) is 3.60. The molecule has 0 aliphatic carbocycles. The molecule has 34 heavy (non-hydrogen) atoms. The highest BCUT2D eigenvalue weighted by molar-refractivity contribution is 7.98. The Balaban J connectivity index is 1.82. The van der Waals surface area contributed by atoms with Crippen LogP contribution in [0.1, 0.15) is 17.8 Å². The van der Waals surface area contributed by atoms with E-state index in [9.17, 15) is 0 Å². The van der Waals surface area contributed by atoms with Crippen molar-refractivity contribution in [1.82, 2.24) is 19.7 Å². The van der Waals surface area contributed by atoms with Crippen LogP contribution in [0.25, 0.3) is 16.7 Å². The molecule has 0 aliphatic heterocycles. The zero-order chi connectivity index (χ0) is 24.2. The fourth-order valence-electron chi connectivity index (χ4n) is 3.81. The first-order valence-electron chi connectivity index (χ1n) is 10.7. The Morgan fingerprint density at radius 3 is 2.44 bits per heavy atom. The third-order valence-corrected chi connectivity index (χ3v) is 6.80. The van der Waals surface area contributed by atoms with Gasteiger partial charge in [-0.25, -0.2) is 14.6 Å². The Labute approximate surface area is 218 Å². The molecule has 178 valence electrons. The molecule has 4 aromatic rings. The van der Waals surface area contributed by atoms with Crippen molar-refractivity contribution in [2.75, 3.05) is 25.3 Å². The van der Waals surface area contributed by atoms with E-state index in [0.29, 0.717) is 38.8 Å². The van der Waals surface area contributed by atoms with Crippen LogP contribution in [-0.4, -0.2) is 45.8 Å². The van der Waals surface area contributed by atoms with E-state index in [-0.39, 0.29) is 6.04 Å². The first kappa shape index (κ1) is 25.1. The molecular formula is C24H24Cl3N5OS. The van der Waals surface area contributed by atoms with Crippen LogP contribution < -0.4 is 5.32 Å². The quantitative estimate of drug-likeness (QED) is 0.236. The Hall–Kier alpha value is -2.03. The maximum Gasteiger partial charge on any atom is 0.170 e. The Kier molecular flexibility index (Phi) is 8.22. The molecule has 2 aromatic heterocycles. The van der Waals surface area contributed by atoms with Crippen molar-refractivity contribution in [3.8, 4) is 5.69 Å². The molecule has 2 heterocycles. The van der Waals surface area contributed by atoms with Gasteiger partial charge in [-0.05, 0) is 43.7 Å². The van der Waals surface area contributed by atoms with Gasteiger partial charge in [0, 0.05) is 24.8 Å². The maximum absolute atomic E-state index is 6.52. The normalized spacial score (nSPS) is 12.3. The summed E-state index contributed by atoms with van der Waals surface area (Å²) in [5, 5.41) is 11.2. The van der Waals surface area contributed by atoms with E-state index in [1.807, 2.05) is 31.4 Å². The predicted octanol–water partition coefficient (Wildman–Crippen LogP) is 6.87. The van der Waals surface area contributed by atoms with Crippen LogP contribution in [0.5, 0.6) is 0 Å². The molecule has 1 atom stereocenters. The molecule has 0 amide bonds. The van der Waals surface area contributed by atoms with Crippen molar-refractivity contribution in [1.29, 1.82) is 0 Å². The van der Waals surface area contributed by atoms with Crippen LogP contribution in [0.15, 0.2) is 47.5 Å². The van der Waals surface area contributed by atoms with Gasteiger partial charge in [0.05, 0.1) is 15.4 Å². The third kappa shape index (κ3) is 5.44. The van der Waals surface area contributed by atoms with Crippen molar-refractivity contribution >= 4 is 63.4 Å². The minimum atomic E-state index is 0.0978. The number of aromatic nitrogens is 4. The summed E-state index contributed by atoms with van der Waals surface area (Å²) in [5.41, 5.74) is 2.39. The van der Waals surface area contributed by atoms with Crippen LogP contribution in [0.2, 0.25) is 15.1 Å². The Morgan fingerprint density at radius 1 is 1.09 bits per heavy atom. The SMILES string of the molecule is COCCC(Cc1ccccc1)Nc1nc(C)nc2c1c(SC)nn2-c1c(Cl)cc(Cl)cc1Cl. The number of methoxy groups -OCH3 is 1. The number of ether oxygens (including phenoxy) is 1. The summed E-state index contributed by atoms with van der Waals surface area (Å²) in [6.45, 7) is 2.48. The van der Waals surface area contributed by atoms with E-state index in [0.717, 1.165) is 29.1 Å². The van der Waals surface area contributed by atoms with Gasteiger partial charge in [-0.15, -0.1) is 11.8 Å². The van der Waals surface area contributed by atoms with Crippen molar-refractivity contribution in [2.24, 2.45) is 0 Å². The number of rotatable bonds is 9. The number of nitrogens with zero attached hydrogens (tertiary/aromatic N) is 4. The molecule has 0 radical (unpaired) electrons. The van der Waals surface area contributed by atoms with Crippen LogP contribution in [0.3, 0.4) is 0 Å². The topological polar surface area (TPSA) is 64.9 Å². The standard InChI is InChI=1S/C24H24Cl3N5OS/c1-14-28-22(30-17(9-10-33-2)11-15-7-5-4-6-8-15)20-23(29-14)32(31-24(20)34-3)21-18(26)12-16(25)13-19(21)27/h4-8,12-13,17H,9-11H2,1-3H3,(H,28,29,30). The number of benzene rings is 2. The van der Waals surface area contributed by atoms with Gasteiger partial charge in [0.2, 0.25) is 0 Å². The fraction of sp³-hybridized carbons (Fsp3) is 0.292. The predicted molar refractivity (Wildman–Crippen MR) is 142 cm³/mol. The number of hydrogen-bond donors (Lipinski definition) is 1. The second-order valence-corrected chi connectivity index (χ2v) is 9.82. The van der Waals surface area contributed by atoms with Gasteiger partial charge in [0.15, 0.2) is 5.65 Å². The van der Waals surface area contributed by atoms with E-state index < -0.39 is 0 Å². The van der Waals surface area contributed by atoms with Crippen LogP contribution >= 0.6 is 46.6 Å². The molecule has 4 rings (SSSR count). The lowest BCUT2D eigenvalue weighted by Crippen LogP contribution is -2.25. The van der Waals surface area contributed by atoms with Gasteiger partial charge in [0.25, 0.3) is 0 Å². The highest BCUT2D eigenvalue weighted by Gasteiger charge is 2.23. The molecule has 0 aliphatic rings. The van der Waals surface area contributed by atoms with Gasteiger partial charge in [0.1, 0.15) is 22.4 Å². The lowest BCUT2D eigenvalue weighted by molar-refractivity contribution is 0.189. The summed E-state index contributed by atoms with van der Waals surface area (Å²) < 4.78 is 7.04. The Morgan fingerprint density at radius 2 is 1.79 bits per heavy atom. The first-order valence-corrected chi connectivity index (χ1v) is 13.0. The molecule has 1 N–H and O–H groups in total. The molecule has 0 saturated carbocycles. The maximum atomic E-state index is 6.52. The number of aryl methyl sites for hydroxylation is 1. The average Bonchev–Trinajstić information content (AvgIpc) is 3.15. The fourth-order valence-corrected chi connectivity index (χ4v) is 5.35. The minimum Gasteiger partial charge on any atom is -0.385 e. The molecule has 1 unspecified atom stereocenters. The Bertz CT molecular complexity index is 1280. The second kappa shape index (κ2) is 11.1. The average molecular weight is 537 g/mol. The highest BCUT2D eigenvalue weighted by atomic mass is 35.5. The van der Waals surface area contributed by atoms with E-state index >= 15 is 0 Å². The third-order valence-electron chi connectivity index (χ3n) is 5.33. The zero-order valence-corrected chi connectivity index (χ0v) is 22.1.